The van der Waals surface area contributed by atoms with Crippen LogP contribution in [0.3, 0.4) is 0 Å². The molecule has 0 amide bonds. The fraction of sp³-hybridized carbons (Fsp3) is 0.0714. The summed E-state index contributed by atoms with van der Waals surface area (Å²) in [4.78, 5) is 4.50. The van der Waals surface area contributed by atoms with E-state index in [9.17, 15) is 4.39 Å². The second-order valence-corrected chi connectivity index (χ2v) is 7.55. The summed E-state index contributed by atoms with van der Waals surface area (Å²) >= 11 is 14.9. The van der Waals surface area contributed by atoms with Crippen LogP contribution in [0.5, 0.6) is 0 Å². The Morgan fingerprint density at radius 2 is 2.00 bits per heavy atom. The van der Waals surface area contributed by atoms with E-state index in [1.807, 2.05) is 45.4 Å². The van der Waals surface area contributed by atoms with E-state index < -0.39 is 0 Å². The molecule has 2 nitrogen and oxygen atoms in total. The summed E-state index contributed by atoms with van der Waals surface area (Å²) in [6.07, 6.45) is 0. The number of nitrogens with zero attached hydrogens (tertiary/aromatic N) is 2. The summed E-state index contributed by atoms with van der Waals surface area (Å²) in [5.41, 5.74) is 2.30. The van der Waals surface area contributed by atoms with Crippen LogP contribution in [0.25, 0.3) is 16.7 Å². The number of hydrogen-bond donors (Lipinski definition) is 0. The van der Waals surface area contributed by atoms with Crippen molar-refractivity contribution in [1.82, 2.24) is 9.55 Å². The van der Waals surface area contributed by atoms with Gasteiger partial charge in [0, 0.05) is 15.0 Å². The molecule has 0 atom stereocenters. The van der Waals surface area contributed by atoms with Crippen LogP contribution in [0.1, 0.15) is 5.82 Å². The van der Waals surface area contributed by atoms with Crippen molar-refractivity contribution < 1.29 is 4.39 Å². The molecule has 21 heavy (non-hydrogen) atoms. The molecule has 0 aliphatic carbocycles. The third-order valence-corrected chi connectivity index (χ3v) is 5.23. The van der Waals surface area contributed by atoms with Gasteiger partial charge in [0.1, 0.15) is 11.6 Å². The lowest BCUT2D eigenvalue weighted by molar-refractivity contribution is 0.622. The molecule has 0 N–H and O–H groups in total. The van der Waals surface area contributed by atoms with Gasteiger partial charge in [0.05, 0.1) is 26.2 Å². The molecule has 1 aromatic heterocycles. The Bertz CT molecular complexity index is 851. The van der Waals surface area contributed by atoms with Gasteiger partial charge < -0.3 is 0 Å². The van der Waals surface area contributed by atoms with Crippen molar-refractivity contribution in [3.63, 3.8) is 0 Å². The van der Waals surface area contributed by atoms with Crippen molar-refractivity contribution in [2.45, 2.75) is 5.88 Å². The van der Waals surface area contributed by atoms with Crippen LogP contribution in [0, 0.1) is 9.39 Å². The van der Waals surface area contributed by atoms with Gasteiger partial charge in [-0.1, -0.05) is 15.9 Å². The maximum atomic E-state index is 13.9. The van der Waals surface area contributed by atoms with E-state index in [0.717, 1.165) is 20.1 Å². The van der Waals surface area contributed by atoms with Crippen molar-refractivity contribution in [2.75, 3.05) is 0 Å². The molecule has 0 radical (unpaired) electrons. The SMILES string of the molecule is Fc1cc2c(cc1I)nc(CCl)n2-c1ccc(Br)cc1Br. The Balaban J connectivity index is 2.37. The molecule has 3 aromatic rings. The minimum absolute atomic E-state index is 0.245. The molecular weight excluding hydrogens is 537 g/mol. The standard InChI is InChI=1S/C14H7Br2ClFIN2/c15-7-1-2-12(8(16)3-7)21-13-4-9(18)10(19)5-11(13)20-14(21)6-17/h1-5H,6H2. The van der Waals surface area contributed by atoms with Crippen LogP contribution in [0.2, 0.25) is 0 Å². The first kappa shape index (κ1) is 15.7. The largest absolute Gasteiger partial charge is 0.294 e. The fourth-order valence-electron chi connectivity index (χ4n) is 2.14. The van der Waals surface area contributed by atoms with Gasteiger partial charge in [0.25, 0.3) is 0 Å². The molecule has 1 heterocycles. The van der Waals surface area contributed by atoms with Crippen molar-refractivity contribution in [1.29, 1.82) is 0 Å². The zero-order chi connectivity index (χ0) is 15.1. The number of imidazole rings is 1. The first-order valence-corrected chi connectivity index (χ1v) is 9.09. The van der Waals surface area contributed by atoms with Crippen molar-refractivity contribution in [3.05, 3.63) is 54.5 Å². The third-order valence-electron chi connectivity index (χ3n) is 3.04. The first-order valence-electron chi connectivity index (χ1n) is 5.89. The van der Waals surface area contributed by atoms with Gasteiger partial charge in [-0.3, -0.25) is 4.57 Å². The Kier molecular flexibility index (Phi) is 4.59. The highest BCUT2D eigenvalue weighted by atomic mass is 127. The number of alkyl halides is 1. The second-order valence-electron chi connectivity index (χ2n) is 4.35. The van der Waals surface area contributed by atoms with Crippen molar-refractivity contribution >= 4 is 77.1 Å². The minimum Gasteiger partial charge on any atom is -0.294 e. The minimum atomic E-state index is -0.265. The molecule has 3 rings (SSSR count). The van der Waals surface area contributed by atoms with E-state index in [1.54, 1.807) is 6.07 Å². The molecule has 2 aromatic carbocycles. The molecule has 0 aliphatic heterocycles. The zero-order valence-electron chi connectivity index (χ0n) is 10.4. The summed E-state index contributed by atoms with van der Waals surface area (Å²) in [6.45, 7) is 0. The van der Waals surface area contributed by atoms with Gasteiger partial charge in [-0.15, -0.1) is 11.6 Å². The van der Waals surface area contributed by atoms with Gasteiger partial charge in [-0.2, -0.15) is 0 Å². The van der Waals surface area contributed by atoms with Crippen molar-refractivity contribution in [3.8, 4) is 5.69 Å². The molecule has 7 heteroatoms. The number of benzene rings is 2. The maximum Gasteiger partial charge on any atom is 0.138 e. The second kappa shape index (κ2) is 6.14. The van der Waals surface area contributed by atoms with E-state index in [4.69, 9.17) is 11.6 Å². The number of rotatable bonds is 2. The number of hydrogen-bond acceptors (Lipinski definition) is 1. The van der Waals surface area contributed by atoms with Gasteiger partial charge in [0.2, 0.25) is 0 Å². The van der Waals surface area contributed by atoms with Crippen LogP contribution < -0.4 is 0 Å². The molecule has 0 fully saturated rings. The molecule has 0 unspecified atom stereocenters. The molecule has 0 saturated carbocycles. The Morgan fingerprint density at radius 3 is 2.67 bits per heavy atom. The first-order chi connectivity index (χ1) is 10.0. The molecule has 0 saturated heterocycles. The number of aromatic nitrogens is 2. The highest BCUT2D eigenvalue weighted by Gasteiger charge is 2.16. The average Bonchev–Trinajstić information content (AvgIpc) is 2.77. The van der Waals surface area contributed by atoms with Crippen LogP contribution >= 0.6 is 66.1 Å². The normalized spacial score (nSPS) is 11.3. The van der Waals surface area contributed by atoms with Gasteiger partial charge in [0.15, 0.2) is 0 Å². The fourth-order valence-corrected chi connectivity index (χ4v) is 4.00. The number of halogens is 5. The maximum absolute atomic E-state index is 13.9. The quantitative estimate of drug-likeness (QED) is 0.285. The highest BCUT2D eigenvalue weighted by Crippen LogP contribution is 2.31. The van der Waals surface area contributed by atoms with E-state index in [-0.39, 0.29) is 11.7 Å². The van der Waals surface area contributed by atoms with E-state index in [2.05, 4.69) is 36.8 Å². The molecule has 0 spiro atoms. The summed E-state index contributed by atoms with van der Waals surface area (Å²) < 4.78 is 18.2. The van der Waals surface area contributed by atoms with E-state index in [0.29, 0.717) is 14.9 Å². The topological polar surface area (TPSA) is 17.8 Å². The zero-order valence-corrected chi connectivity index (χ0v) is 16.5. The lowest BCUT2D eigenvalue weighted by Gasteiger charge is -2.10. The van der Waals surface area contributed by atoms with Gasteiger partial charge in [-0.25, -0.2) is 9.37 Å². The summed E-state index contributed by atoms with van der Waals surface area (Å²) in [7, 11) is 0. The van der Waals surface area contributed by atoms with Gasteiger partial charge >= 0.3 is 0 Å². The smallest absolute Gasteiger partial charge is 0.138 e. The van der Waals surface area contributed by atoms with Crippen LogP contribution in [-0.2, 0) is 5.88 Å². The van der Waals surface area contributed by atoms with Crippen LogP contribution in [0.15, 0.2) is 39.3 Å². The Morgan fingerprint density at radius 1 is 1.24 bits per heavy atom. The molecular formula is C14H7Br2ClFIN2. The van der Waals surface area contributed by atoms with Gasteiger partial charge in [-0.05, 0) is 62.8 Å². The summed E-state index contributed by atoms with van der Waals surface area (Å²) in [5.74, 6) is 0.657. The highest BCUT2D eigenvalue weighted by molar-refractivity contribution is 14.1. The van der Waals surface area contributed by atoms with Crippen LogP contribution in [0.4, 0.5) is 4.39 Å². The van der Waals surface area contributed by atoms with E-state index >= 15 is 0 Å². The number of fused-ring (bicyclic) bond motifs is 1. The predicted octanol–water partition coefficient (Wildman–Crippen LogP) is 6.03. The summed E-state index contributed by atoms with van der Waals surface area (Å²) in [6, 6.07) is 9.01. The van der Waals surface area contributed by atoms with Crippen LogP contribution in [-0.4, -0.2) is 9.55 Å². The third kappa shape index (κ3) is 2.87. The lowest BCUT2D eigenvalue weighted by Crippen LogP contribution is -2.00. The Labute approximate surface area is 156 Å². The Hall–Kier alpha value is -0.180. The average molecular weight is 544 g/mol. The van der Waals surface area contributed by atoms with E-state index in [1.165, 1.54) is 6.07 Å². The monoisotopic (exact) mass is 542 g/mol. The molecule has 108 valence electrons. The molecule has 0 aliphatic rings. The predicted molar refractivity (Wildman–Crippen MR) is 98.7 cm³/mol. The van der Waals surface area contributed by atoms with Crippen molar-refractivity contribution in [2.24, 2.45) is 0 Å². The summed E-state index contributed by atoms with van der Waals surface area (Å²) in [5, 5.41) is 0. The molecule has 0 bridgehead atoms. The lowest BCUT2D eigenvalue weighted by atomic mass is 10.2.